The molecule has 0 bridgehead atoms. The average molecular weight is 463 g/mol. The van der Waals surface area contributed by atoms with Crippen LogP contribution in [0.15, 0.2) is 42.5 Å². The number of nitriles is 1. The van der Waals surface area contributed by atoms with Gasteiger partial charge in [-0.15, -0.1) is 0 Å². The van der Waals surface area contributed by atoms with Gasteiger partial charge in [0.05, 0.1) is 15.7 Å². The van der Waals surface area contributed by atoms with Gasteiger partial charge in [-0.2, -0.15) is 5.26 Å². The van der Waals surface area contributed by atoms with Crippen LogP contribution in [0.25, 0.3) is 11.1 Å². The molecule has 0 saturated carbocycles. The maximum atomic E-state index is 13.1. The fraction of sp³-hybridized carbons (Fsp3) is 0.280. The quantitative estimate of drug-likeness (QED) is 0.491. The summed E-state index contributed by atoms with van der Waals surface area (Å²) in [5, 5.41) is 10.6. The van der Waals surface area contributed by atoms with E-state index in [9.17, 15) is 10.1 Å². The van der Waals surface area contributed by atoms with Crippen molar-refractivity contribution >= 4 is 34.9 Å². The summed E-state index contributed by atoms with van der Waals surface area (Å²) < 4.78 is 0. The van der Waals surface area contributed by atoms with Crippen LogP contribution < -0.4 is 4.90 Å². The molecule has 1 saturated heterocycles. The number of hydrogen-bond acceptors (Lipinski definition) is 5. The molecule has 1 fully saturated rings. The second-order valence-electron chi connectivity index (χ2n) is 8.48. The number of anilines is 1. The van der Waals surface area contributed by atoms with Gasteiger partial charge in [0.2, 0.25) is 5.95 Å². The van der Waals surface area contributed by atoms with E-state index in [2.05, 4.69) is 22.0 Å². The highest BCUT2D eigenvalue weighted by Gasteiger charge is 2.47. The Labute approximate surface area is 196 Å². The van der Waals surface area contributed by atoms with E-state index in [1.165, 1.54) is 0 Å². The number of halogens is 2. The minimum Gasteiger partial charge on any atom is -0.341 e. The second-order valence-corrected chi connectivity index (χ2v) is 9.26. The molecular weight excluding hydrogens is 443 g/mol. The lowest BCUT2D eigenvalue weighted by atomic mass is 9.75. The Morgan fingerprint density at radius 1 is 1.03 bits per heavy atom. The molecule has 2 aromatic carbocycles. The summed E-state index contributed by atoms with van der Waals surface area (Å²) in [7, 11) is 0. The highest BCUT2D eigenvalue weighted by molar-refractivity contribution is 6.43. The van der Waals surface area contributed by atoms with Crippen LogP contribution in [-0.2, 0) is 6.42 Å². The first-order valence-corrected chi connectivity index (χ1v) is 11.3. The molecule has 0 atom stereocenters. The first-order valence-electron chi connectivity index (χ1n) is 10.5. The number of carbonyl (C=O) groups excluding carboxylic acids is 1. The molecule has 2 aliphatic rings. The minimum absolute atomic E-state index is 0.258. The van der Waals surface area contributed by atoms with Gasteiger partial charge < -0.3 is 4.90 Å². The first kappa shape index (κ1) is 20.9. The molecule has 0 unspecified atom stereocenters. The lowest BCUT2D eigenvalue weighted by molar-refractivity contribution is 0.0774. The molecule has 2 heterocycles. The predicted octanol–water partition coefficient (Wildman–Crippen LogP) is 5.66. The van der Waals surface area contributed by atoms with Crippen LogP contribution in [0.5, 0.6) is 0 Å². The third kappa shape index (κ3) is 3.26. The van der Waals surface area contributed by atoms with E-state index >= 15 is 0 Å². The van der Waals surface area contributed by atoms with Crippen molar-refractivity contribution < 1.29 is 4.79 Å². The first-order chi connectivity index (χ1) is 15.4. The van der Waals surface area contributed by atoms with E-state index in [0.29, 0.717) is 45.9 Å². The lowest BCUT2D eigenvalue weighted by Gasteiger charge is -2.38. The smallest absolute Gasteiger partial charge is 0.226 e. The Morgan fingerprint density at radius 2 is 1.75 bits per heavy atom. The zero-order valence-corrected chi connectivity index (χ0v) is 19.0. The number of ketones is 1. The van der Waals surface area contributed by atoms with Crippen LogP contribution in [0.1, 0.15) is 40.2 Å². The number of rotatable bonds is 2. The van der Waals surface area contributed by atoms with Crippen molar-refractivity contribution in [1.82, 2.24) is 9.97 Å². The molecule has 0 N–H and O–H groups in total. The van der Waals surface area contributed by atoms with E-state index in [1.807, 2.05) is 31.2 Å². The van der Waals surface area contributed by atoms with Gasteiger partial charge in [0.25, 0.3) is 0 Å². The summed E-state index contributed by atoms with van der Waals surface area (Å²) >= 11 is 12.6. The number of Topliss-reactive ketones (excluding diaryl/α,β-unsaturated/α-hetero) is 1. The van der Waals surface area contributed by atoms with Crippen LogP contribution in [0.3, 0.4) is 0 Å². The number of fused-ring (bicyclic) bond motifs is 1. The van der Waals surface area contributed by atoms with Crippen molar-refractivity contribution in [3.8, 4) is 17.2 Å². The van der Waals surface area contributed by atoms with Crippen molar-refractivity contribution in [2.75, 3.05) is 18.0 Å². The van der Waals surface area contributed by atoms with E-state index in [4.69, 9.17) is 28.2 Å². The summed E-state index contributed by atoms with van der Waals surface area (Å²) in [5.41, 5.74) is 3.85. The van der Waals surface area contributed by atoms with Gasteiger partial charge in [-0.25, -0.2) is 9.97 Å². The van der Waals surface area contributed by atoms with Crippen LogP contribution in [0.2, 0.25) is 10.0 Å². The maximum absolute atomic E-state index is 13.1. The third-order valence-electron chi connectivity index (χ3n) is 6.68. The molecule has 1 aliphatic carbocycles. The van der Waals surface area contributed by atoms with Crippen LogP contribution in [0, 0.1) is 23.7 Å². The zero-order valence-electron chi connectivity index (χ0n) is 17.5. The molecule has 0 amide bonds. The highest BCUT2D eigenvalue weighted by atomic mass is 35.5. The number of aryl methyl sites for hydroxylation is 1. The van der Waals surface area contributed by atoms with Gasteiger partial charge in [-0.3, -0.25) is 4.79 Å². The molecule has 7 heteroatoms. The number of benzene rings is 2. The Balaban J connectivity index is 1.43. The molecule has 32 heavy (non-hydrogen) atoms. The molecule has 160 valence electrons. The average Bonchev–Trinajstić information content (AvgIpc) is 3.07. The van der Waals surface area contributed by atoms with Crippen molar-refractivity contribution in [2.24, 2.45) is 5.41 Å². The van der Waals surface area contributed by atoms with E-state index < -0.39 is 0 Å². The zero-order chi connectivity index (χ0) is 22.5. The standard InChI is InChI=1S/C25H20Cl2N4O/c1-15-21(18-7-4-8-19(26)22(18)27)20(14-28)30-24(29-15)31-11-9-25(10-12-31)13-16-5-2-3-6-17(16)23(25)32/h2-8H,9-13H2,1H3. The van der Waals surface area contributed by atoms with Crippen molar-refractivity contribution in [1.29, 1.82) is 5.26 Å². The topological polar surface area (TPSA) is 69.9 Å². The normalized spacial score (nSPS) is 16.8. The minimum atomic E-state index is -0.332. The van der Waals surface area contributed by atoms with Crippen molar-refractivity contribution in [3.63, 3.8) is 0 Å². The summed E-state index contributed by atoms with van der Waals surface area (Å²) in [5.74, 6) is 0.771. The Kier molecular flexibility index (Phi) is 5.16. The number of aromatic nitrogens is 2. The number of piperidine rings is 1. The Morgan fingerprint density at radius 3 is 2.47 bits per heavy atom. The van der Waals surface area contributed by atoms with Crippen LogP contribution in [0.4, 0.5) is 5.95 Å². The van der Waals surface area contributed by atoms with Gasteiger partial charge in [-0.1, -0.05) is 59.6 Å². The Bertz CT molecular complexity index is 1290. The summed E-state index contributed by atoms with van der Waals surface area (Å²) in [6.07, 6.45) is 2.28. The van der Waals surface area contributed by atoms with E-state index in [-0.39, 0.29) is 16.9 Å². The van der Waals surface area contributed by atoms with E-state index in [1.54, 1.807) is 12.1 Å². The van der Waals surface area contributed by atoms with Gasteiger partial charge in [0.1, 0.15) is 6.07 Å². The third-order valence-corrected chi connectivity index (χ3v) is 7.50. The molecule has 0 radical (unpaired) electrons. The SMILES string of the molecule is Cc1nc(N2CCC3(CC2)Cc2ccccc2C3=O)nc(C#N)c1-c1cccc(Cl)c1Cl. The predicted molar refractivity (Wildman–Crippen MR) is 125 cm³/mol. The summed E-state index contributed by atoms with van der Waals surface area (Å²) in [6, 6.07) is 15.4. The second kappa shape index (κ2) is 7.88. The molecule has 1 spiro atoms. The maximum Gasteiger partial charge on any atom is 0.226 e. The largest absolute Gasteiger partial charge is 0.341 e. The molecule has 5 nitrogen and oxygen atoms in total. The lowest BCUT2D eigenvalue weighted by Crippen LogP contribution is -2.44. The number of hydrogen-bond donors (Lipinski definition) is 0. The Hall–Kier alpha value is -2.94. The molecular formula is C25H20Cl2N4O. The molecule has 1 aromatic heterocycles. The monoisotopic (exact) mass is 462 g/mol. The van der Waals surface area contributed by atoms with Gasteiger partial charge in [0.15, 0.2) is 11.5 Å². The fourth-order valence-corrected chi connectivity index (χ4v) is 5.36. The fourth-order valence-electron chi connectivity index (χ4n) is 4.96. The summed E-state index contributed by atoms with van der Waals surface area (Å²) in [6.45, 7) is 3.18. The molecule has 3 aromatic rings. The van der Waals surface area contributed by atoms with Gasteiger partial charge >= 0.3 is 0 Å². The number of nitrogens with zero attached hydrogens (tertiary/aromatic N) is 4. The van der Waals surface area contributed by atoms with Crippen molar-refractivity contribution in [2.45, 2.75) is 26.2 Å². The van der Waals surface area contributed by atoms with E-state index in [0.717, 1.165) is 30.4 Å². The van der Waals surface area contributed by atoms with Gasteiger partial charge in [0, 0.05) is 35.2 Å². The highest BCUT2D eigenvalue weighted by Crippen LogP contribution is 2.45. The summed E-state index contributed by atoms with van der Waals surface area (Å²) in [4.78, 5) is 24.5. The van der Waals surface area contributed by atoms with Crippen LogP contribution in [-0.4, -0.2) is 28.8 Å². The molecule has 5 rings (SSSR count). The van der Waals surface area contributed by atoms with Gasteiger partial charge in [-0.05, 0) is 37.8 Å². The van der Waals surface area contributed by atoms with Crippen molar-refractivity contribution in [3.05, 3.63) is 75.0 Å². The van der Waals surface area contributed by atoms with Crippen LogP contribution >= 0.6 is 23.2 Å². The number of carbonyl (C=O) groups is 1. The molecule has 1 aliphatic heterocycles.